The van der Waals surface area contributed by atoms with E-state index in [0.717, 1.165) is 11.1 Å². The molecule has 170 valence electrons. The van der Waals surface area contributed by atoms with Crippen LogP contribution in [0.15, 0.2) is 48.5 Å². The number of carbonyl (C=O) groups is 3. The predicted molar refractivity (Wildman–Crippen MR) is 121 cm³/mol. The number of nitrogens with zero attached hydrogens (tertiary/aromatic N) is 1. The molecular weight excluding hydrogens is 411 g/mol. The van der Waals surface area contributed by atoms with Crippen LogP contribution in [-0.2, 0) is 16.0 Å². The first-order chi connectivity index (χ1) is 15.3. The van der Waals surface area contributed by atoms with Crippen LogP contribution in [0.4, 0.5) is 14.9 Å². The van der Waals surface area contributed by atoms with Gasteiger partial charge in [0.1, 0.15) is 11.9 Å². The second-order valence-corrected chi connectivity index (χ2v) is 8.15. The zero-order valence-electron chi connectivity index (χ0n) is 18.4. The molecule has 0 spiro atoms. The Balaban J connectivity index is 1.51. The number of nitrogens with one attached hydrogen (secondary N) is 3. The zero-order valence-corrected chi connectivity index (χ0v) is 18.4. The van der Waals surface area contributed by atoms with Crippen LogP contribution in [0.3, 0.4) is 0 Å². The normalized spacial score (nSPS) is 15.0. The van der Waals surface area contributed by atoms with Gasteiger partial charge in [-0.15, -0.1) is 0 Å². The zero-order chi connectivity index (χ0) is 23.1. The minimum absolute atomic E-state index is 0.0880. The van der Waals surface area contributed by atoms with Crippen molar-refractivity contribution in [3.05, 3.63) is 65.5 Å². The Morgan fingerprint density at radius 2 is 1.78 bits per heavy atom. The van der Waals surface area contributed by atoms with Gasteiger partial charge in [0, 0.05) is 38.2 Å². The van der Waals surface area contributed by atoms with Crippen molar-refractivity contribution >= 4 is 23.5 Å². The fraction of sp³-hybridized carbons (Fsp3) is 0.375. The lowest BCUT2D eigenvalue weighted by Crippen LogP contribution is -2.53. The standard InChI is InChI=1S/C24H29FN4O3/c1-16-6-8-18(9-7-16)14-22(26-17(2)30)23(31)27-20-10-12-29(13-11-20)24(32)28-21-5-3-4-19(25)15-21/h3-9,15,20,22H,10-14H2,1-2H3,(H,26,30)(H,27,31)(H,28,32)/t22-/m1/s1. The Bertz CT molecular complexity index is 956. The van der Waals surface area contributed by atoms with Crippen LogP contribution >= 0.6 is 0 Å². The molecule has 2 aromatic rings. The highest BCUT2D eigenvalue weighted by Crippen LogP contribution is 2.15. The Hall–Kier alpha value is -3.42. The summed E-state index contributed by atoms with van der Waals surface area (Å²) in [5, 5.41) is 8.44. The third-order valence-electron chi connectivity index (χ3n) is 5.46. The van der Waals surface area contributed by atoms with Crippen LogP contribution in [-0.4, -0.2) is 47.9 Å². The fourth-order valence-corrected chi connectivity index (χ4v) is 3.71. The monoisotopic (exact) mass is 440 g/mol. The first-order valence-corrected chi connectivity index (χ1v) is 10.7. The lowest BCUT2D eigenvalue weighted by molar-refractivity contribution is -0.128. The molecule has 0 aliphatic carbocycles. The molecule has 0 radical (unpaired) electrons. The van der Waals surface area contributed by atoms with Gasteiger partial charge in [-0.05, 0) is 43.5 Å². The highest BCUT2D eigenvalue weighted by molar-refractivity contribution is 5.89. The molecule has 1 fully saturated rings. The molecule has 3 rings (SSSR count). The van der Waals surface area contributed by atoms with Gasteiger partial charge in [0.25, 0.3) is 0 Å². The van der Waals surface area contributed by atoms with Crippen molar-refractivity contribution in [1.29, 1.82) is 0 Å². The second-order valence-electron chi connectivity index (χ2n) is 8.15. The summed E-state index contributed by atoms with van der Waals surface area (Å²) < 4.78 is 13.3. The molecule has 4 amide bonds. The van der Waals surface area contributed by atoms with E-state index >= 15 is 0 Å². The van der Waals surface area contributed by atoms with Gasteiger partial charge >= 0.3 is 6.03 Å². The summed E-state index contributed by atoms with van der Waals surface area (Å²) in [4.78, 5) is 38.5. The van der Waals surface area contributed by atoms with Gasteiger partial charge in [0.2, 0.25) is 11.8 Å². The van der Waals surface area contributed by atoms with Crippen LogP contribution in [0.5, 0.6) is 0 Å². The van der Waals surface area contributed by atoms with Crippen LogP contribution < -0.4 is 16.0 Å². The fourth-order valence-electron chi connectivity index (χ4n) is 3.71. The number of hydrogen-bond donors (Lipinski definition) is 3. The Morgan fingerprint density at radius 3 is 2.41 bits per heavy atom. The lowest BCUT2D eigenvalue weighted by atomic mass is 10.0. The van der Waals surface area contributed by atoms with E-state index in [1.807, 2.05) is 31.2 Å². The molecule has 0 saturated carbocycles. The molecule has 32 heavy (non-hydrogen) atoms. The van der Waals surface area contributed by atoms with E-state index < -0.39 is 11.9 Å². The smallest absolute Gasteiger partial charge is 0.321 e. The van der Waals surface area contributed by atoms with Gasteiger partial charge in [-0.25, -0.2) is 9.18 Å². The first-order valence-electron chi connectivity index (χ1n) is 10.7. The highest BCUT2D eigenvalue weighted by atomic mass is 19.1. The average molecular weight is 441 g/mol. The first kappa shape index (κ1) is 23.2. The third-order valence-corrected chi connectivity index (χ3v) is 5.46. The van der Waals surface area contributed by atoms with Crippen molar-refractivity contribution in [1.82, 2.24) is 15.5 Å². The highest BCUT2D eigenvalue weighted by Gasteiger charge is 2.27. The summed E-state index contributed by atoms with van der Waals surface area (Å²) in [6, 6.07) is 12.6. The van der Waals surface area contributed by atoms with Gasteiger partial charge in [0.15, 0.2) is 0 Å². The van der Waals surface area contributed by atoms with Crippen LogP contribution in [0.2, 0.25) is 0 Å². The molecule has 0 aromatic heterocycles. The largest absolute Gasteiger partial charge is 0.351 e. The molecule has 2 aromatic carbocycles. The maximum atomic E-state index is 13.3. The van der Waals surface area contributed by atoms with E-state index in [0.29, 0.717) is 38.0 Å². The molecule has 1 heterocycles. The quantitative estimate of drug-likeness (QED) is 0.645. The van der Waals surface area contributed by atoms with Gasteiger partial charge < -0.3 is 20.9 Å². The number of hydrogen-bond acceptors (Lipinski definition) is 3. The Labute approximate surface area is 187 Å². The minimum atomic E-state index is -0.662. The molecule has 0 bridgehead atoms. The molecule has 1 aliphatic rings. The van der Waals surface area contributed by atoms with Crippen molar-refractivity contribution in [2.24, 2.45) is 0 Å². The molecule has 3 N–H and O–H groups in total. The lowest BCUT2D eigenvalue weighted by Gasteiger charge is -2.33. The van der Waals surface area contributed by atoms with Crippen molar-refractivity contribution in [2.75, 3.05) is 18.4 Å². The minimum Gasteiger partial charge on any atom is -0.351 e. The molecule has 1 atom stereocenters. The summed E-state index contributed by atoms with van der Waals surface area (Å²) >= 11 is 0. The molecule has 8 heteroatoms. The number of aryl methyl sites for hydroxylation is 1. The predicted octanol–water partition coefficient (Wildman–Crippen LogP) is 2.99. The summed E-state index contributed by atoms with van der Waals surface area (Å²) in [7, 11) is 0. The number of piperidine rings is 1. The molecule has 7 nitrogen and oxygen atoms in total. The number of carbonyl (C=O) groups excluding carboxylic acids is 3. The molecule has 1 aliphatic heterocycles. The van der Waals surface area contributed by atoms with Crippen molar-refractivity contribution in [2.45, 2.75) is 45.2 Å². The maximum absolute atomic E-state index is 13.3. The van der Waals surface area contributed by atoms with Crippen molar-refractivity contribution < 1.29 is 18.8 Å². The van der Waals surface area contributed by atoms with E-state index in [1.165, 1.54) is 25.1 Å². The van der Waals surface area contributed by atoms with E-state index in [9.17, 15) is 18.8 Å². The van der Waals surface area contributed by atoms with Crippen LogP contribution in [0.1, 0.15) is 30.9 Å². The van der Waals surface area contributed by atoms with Crippen LogP contribution in [0.25, 0.3) is 0 Å². The Morgan fingerprint density at radius 1 is 1.09 bits per heavy atom. The molecule has 0 unspecified atom stereocenters. The number of likely N-dealkylation sites (tertiary alicyclic amines) is 1. The third kappa shape index (κ3) is 6.80. The number of benzene rings is 2. The van der Waals surface area contributed by atoms with Crippen molar-refractivity contribution in [3.8, 4) is 0 Å². The number of halogens is 1. The summed E-state index contributed by atoms with van der Waals surface area (Å²) in [5.74, 6) is -0.909. The Kier molecular flexibility index (Phi) is 7.81. The topological polar surface area (TPSA) is 90.5 Å². The summed E-state index contributed by atoms with van der Waals surface area (Å²) in [6.45, 7) is 4.32. The van der Waals surface area contributed by atoms with E-state index in [4.69, 9.17) is 0 Å². The number of amides is 4. The van der Waals surface area contributed by atoms with Gasteiger partial charge in [-0.1, -0.05) is 35.9 Å². The number of anilines is 1. The van der Waals surface area contributed by atoms with Gasteiger partial charge in [-0.2, -0.15) is 0 Å². The molecule has 1 saturated heterocycles. The summed E-state index contributed by atoms with van der Waals surface area (Å²) in [5.41, 5.74) is 2.50. The number of urea groups is 1. The van der Waals surface area contributed by atoms with Gasteiger partial charge in [-0.3, -0.25) is 9.59 Å². The average Bonchev–Trinajstić information content (AvgIpc) is 2.75. The van der Waals surface area contributed by atoms with E-state index in [1.54, 1.807) is 11.0 Å². The molecular formula is C24H29FN4O3. The van der Waals surface area contributed by atoms with E-state index in [-0.39, 0.29) is 23.9 Å². The SMILES string of the molecule is CC(=O)N[C@H](Cc1ccc(C)cc1)C(=O)NC1CCN(C(=O)Nc2cccc(F)c2)CC1. The van der Waals surface area contributed by atoms with Crippen LogP contribution in [0, 0.1) is 12.7 Å². The van der Waals surface area contributed by atoms with E-state index in [2.05, 4.69) is 16.0 Å². The van der Waals surface area contributed by atoms with Gasteiger partial charge in [0.05, 0.1) is 0 Å². The number of rotatable bonds is 6. The van der Waals surface area contributed by atoms with Crippen molar-refractivity contribution in [3.63, 3.8) is 0 Å². The maximum Gasteiger partial charge on any atom is 0.321 e. The second kappa shape index (κ2) is 10.7. The summed E-state index contributed by atoms with van der Waals surface area (Å²) in [6.07, 6.45) is 1.60.